The van der Waals surface area contributed by atoms with Gasteiger partial charge < -0.3 is 25.8 Å². The zero-order valence-electron chi connectivity index (χ0n) is 21.4. The molecule has 3 aromatic carbocycles. The topological polar surface area (TPSA) is 116 Å². The number of aryl methyl sites for hydroxylation is 1. The minimum absolute atomic E-state index is 0.183. The summed E-state index contributed by atoms with van der Waals surface area (Å²) in [5, 5.41) is 6.01. The Morgan fingerprint density at radius 1 is 0.821 bits per heavy atom. The van der Waals surface area contributed by atoms with E-state index < -0.39 is 12.0 Å². The molecule has 0 fully saturated rings. The predicted octanol–water partition coefficient (Wildman–Crippen LogP) is 3.96. The Bertz CT molecular complexity index is 1390. The normalized spacial score (nSPS) is 12.6. The van der Waals surface area contributed by atoms with Crippen molar-refractivity contribution in [2.75, 3.05) is 12.5 Å². The van der Waals surface area contributed by atoms with E-state index >= 15 is 0 Å². The molecule has 5 rings (SSSR count). The third-order valence-corrected chi connectivity index (χ3v) is 6.63. The Labute approximate surface area is 227 Å². The second-order valence-electron chi connectivity index (χ2n) is 9.35. The molecule has 1 aliphatic rings. The molecule has 0 bridgehead atoms. The molecule has 0 saturated carbocycles. The van der Waals surface area contributed by atoms with Crippen molar-refractivity contribution in [2.24, 2.45) is 0 Å². The highest BCUT2D eigenvalue weighted by molar-refractivity contribution is 5.92. The SMILES string of the molecule is Nc1cc(CCC(NC(=O)C(c2ccccc2)c2ccccc2)C(=O)NCc2ccc3c(c2)OCO3)ccn1. The number of nitrogens with zero attached hydrogens (tertiary/aromatic N) is 1. The molecular weight excluding hydrogens is 492 g/mol. The minimum atomic E-state index is -0.768. The van der Waals surface area contributed by atoms with E-state index in [0.717, 1.165) is 22.3 Å². The van der Waals surface area contributed by atoms with Gasteiger partial charge in [-0.3, -0.25) is 9.59 Å². The maximum atomic E-state index is 13.8. The fourth-order valence-corrected chi connectivity index (χ4v) is 4.63. The van der Waals surface area contributed by atoms with Crippen LogP contribution in [0.25, 0.3) is 0 Å². The highest BCUT2D eigenvalue weighted by Gasteiger charge is 2.28. The number of fused-ring (bicyclic) bond motifs is 1. The number of ether oxygens (including phenoxy) is 2. The number of amides is 2. The van der Waals surface area contributed by atoms with Gasteiger partial charge in [-0.15, -0.1) is 0 Å². The highest BCUT2D eigenvalue weighted by atomic mass is 16.7. The van der Waals surface area contributed by atoms with Gasteiger partial charge in [-0.25, -0.2) is 4.98 Å². The number of aromatic nitrogens is 1. The summed E-state index contributed by atoms with van der Waals surface area (Å²) in [5.74, 6) is 0.657. The third-order valence-electron chi connectivity index (χ3n) is 6.63. The average Bonchev–Trinajstić information content (AvgIpc) is 3.43. The van der Waals surface area contributed by atoms with Crippen LogP contribution in [-0.4, -0.2) is 29.6 Å². The molecule has 0 aliphatic carbocycles. The second-order valence-corrected chi connectivity index (χ2v) is 9.35. The number of nitrogens with two attached hydrogens (primary N) is 1. The van der Waals surface area contributed by atoms with Gasteiger partial charge in [-0.05, 0) is 59.4 Å². The van der Waals surface area contributed by atoms with Gasteiger partial charge in [0.2, 0.25) is 18.6 Å². The quantitative estimate of drug-likeness (QED) is 0.290. The Hall–Kier alpha value is -4.85. The highest BCUT2D eigenvalue weighted by Crippen LogP contribution is 2.32. The van der Waals surface area contributed by atoms with Crippen molar-refractivity contribution in [3.8, 4) is 11.5 Å². The van der Waals surface area contributed by atoms with Crippen LogP contribution in [0.5, 0.6) is 11.5 Å². The zero-order chi connectivity index (χ0) is 27.0. The Morgan fingerprint density at radius 2 is 1.51 bits per heavy atom. The molecule has 1 aliphatic heterocycles. The van der Waals surface area contributed by atoms with Crippen LogP contribution in [0.3, 0.4) is 0 Å². The molecule has 1 unspecified atom stereocenters. The lowest BCUT2D eigenvalue weighted by Crippen LogP contribution is -2.48. The summed E-state index contributed by atoms with van der Waals surface area (Å²) in [5.41, 5.74) is 9.35. The molecule has 8 nitrogen and oxygen atoms in total. The number of pyridine rings is 1. The van der Waals surface area contributed by atoms with Crippen molar-refractivity contribution >= 4 is 17.6 Å². The number of anilines is 1. The van der Waals surface area contributed by atoms with Crippen molar-refractivity contribution in [3.05, 3.63) is 119 Å². The van der Waals surface area contributed by atoms with Gasteiger partial charge in [-0.2, -0.15) is 0 Å². The van der Waals surface area contributed by atoms with E-state index in [4.69, 9.17) is 15.2 Å². The number of carbonyl (C=O) groups is 2. The van der Waals surface area contributed by atoms with Crippen molar-refractivity contribution in [1.82, 2.24) is 15.6 Å². The zero-order valence-corrected chi connectivity index (χ0v) is 21.4. The minimum Gasteiger partial charge on any atom is -0.454 e. The van der Waals surface area contributed by atoms with E-state index in [-0.39, 0.29) is 25.2 Å². The van der Waals surface area contributed by atoms with Crippen molar-refractivity contribution < 1.29 is 19.1 Å². The molecule has 198 valence electrons. The van der Waals surface area contributed by atoms with Crippen molar-refractivity contribution in [3.63, 3.8) is 0 Å². The Balaban J connectivity index is 1.34. The first-order valence-corrected chi connectivity index (χ1v) is 12.8. The van der Waals surface area contributed by atoms with E-state index in [1.54, 1.807) is 12.3 Å². The molecule has 2 amide bonds. The van der Waals surface area contributed by atoms with Crippen molar-refractivity contribution in [2.45, 2.75) is 31.3 Å². The number of carbonyl (C=O) groups excluding carboxylic acids is 2. The first kappa shape index (κ1) is 25.8. The van der Waals surface area contributed by atoms with E-state index in [9.17, 15) is 9.59 Å². The Kier molecular flexibility index (Phi) is 8.02. The van der Waals surface area contributed by atoms with Gasteiger partial charge in [0.1, 0.15) is 11.9 Å². The summed E-state index contributed by atoms with van der Waals surface area (Å²) < 4.78 is 10.8. The lowest BCUT2D eigenvalue weighted by Gasteiger charge is -2.23. The van der Waals surface area contributed by atoms with Gasteiger partial charge >= 0.3 is 0 Å². The summed E-state index contributed by atoms with van der Waals surface area (Å²) in [6.07, 6.45) is 2.56. The molecule has 1 atom stereocenters. The summed E-state index contributed by atoms with van der Waals surface area (Å²) in [6, 6.07) is 27.5. The number of hydrogen-bond donors (Lipinski definition) is 3. The van der Waals surface area contributed by atoms with Gasteiger partial charge in [0.15, 0.2) is 11.5 Å². The standard InChI is InChI=1S/C31H30N4O4/c32-28-18-21(15-16-33-28)11-13-25(30(36)34-19-22-12-14-26-27(17-22)39-20-38-26)35-31(37)29(23-7-3-1-4-8-23)24-9-5-2-6-10-24/h1-10,12,14-18,25,29H,11,13,19-20H2,(H2,32,33)(H,34,36)(H,35,37). The van der Waals surface area contributed by atoms with Crippen LogP contribution in [0, 0.1) is 0 Å². The number of benzene rings is 3. The van der Waals surface area contributed by atoms with Gasteiger partial charge in [0.25, 0.3) is 0 Å². The van der Waals surface area contributed by atoms with E-state index in [0.29, 0.717) is 30.2 Å². The average molecular weight is 523 g/mol. The van der Waals surface area contributed by atoms with Crippen LogP contribution in [0.4, 0.5) is 5.82 Å². The molecule has 0 saturated heterocycles. The summed E-state index contributed by atoms with van der Waals surface area (Å²) in [7, 11) is 0. The molecule has 4 N–H and O–H groups in total. The lowest BCUT2D eigenvalue weighted by atomic mass is 9.90. The number of nitrogen functional groups attached to an aromatic ring is 1. The van der Waals surface area contributed by atoms with Crippen LogP contribution in [0.1, 0.15) is 34.6 Å². The lowest BCUT2D eigenvalue weighted by molar-refractivity contribution is -0.129. The van der Waals surface area contributed by atoms with Crippen LogP contribution >= 0.6 is 0 Å². The fraction of sp³-hybridized carbons (Fsp3) is 0.194. The number of rotatable bonds is 10. The first-order chi connectivity index (χ1) is 19.1. The van der Waals surface area contributed by atoms with Crippen LogP contribution in [-0.2, 0) is 22.6 Å². The second kappa shape index (κ2) is 12.1. The molecule has 0 radical (unpaired) electrons. The van der Waals surface area contributed by atoms with Gasteiger partial charge in [-0.1, -0.05) is 66.7 Å². The summed E-state index contributed by atoms with van der Waals surface area (Å²) in [6.45, 7) is 0.466. The smallest absolute Gasteiger partial charge is 0.242 e. The number of hydrogen-bond acceptors (Lipinski definition) is 6. The molecule has 0 spiro atoms. The molecule has 8 heteroatoms. The largest absolute Gasteiger partial charge is 0.454 e. The van der Waals surface area contributed by atoms with Crippen LogP contribution in [0.2, 0.25) is 0 Å². The first-order valence-electron chi connectivity index (χ1n) is 12.8. The van der Waals surface area contributed by atoms with E-state index in [2.05, 4.69) is 15.6 Å². The van der Waals surface area contributed by atoms with Crippen molar-refractivity contribution in [1.29, 1.82) is 0 Å². The van der Waals surface area contributed by atoms with Gasteiger partial charge in [0.05, 0.1) is 5.92 Å². The maximum absolute atomic E-state index is 13.8. The molecule has 4 aromatic rings. The van der Waals surface area contributed by atoms with E-state index in [1.165, 1.54) is 0 Å². The number of nitrogens with one attached hydrogen (secondary N) is 2. The molecular formula is C31H30N4O4. The van der Waals surface area contributed by atoms with E-state index in [1.807, 2.05) is 84.9 Å². The summed E-state index contributed by atoms with van der Waals surface area (Å²) >= 11 is 0. The third kappa shape index (κ3) is 6.54. The fourth-order valence-electron chi connectivity index (χ4n) is 4.63. The maximum Gasteiger partial charge on any atom is 0.242 e. The van der Waals surface area contributed by atoms with Gasteiger partial charge in [0, 0.05) is 12.7 Å². The van der Waals surface area contributed by atoms with Crippen LogP contribution < -0.4 is 25.8 Å². The summed E-state index contributed by atoms with van der Waals surface area (Å²) in [4.78, 5) is 31.3. The predicted molar refractivity (Wildman–Crippen MR) is 148 cm³/mol. The monoisotopic (exact) mass is 522 g/mol. The Morgan fingerprint density at radius 3 is 2.21 bits per heavy atom. The molecule has 1 aromatic heterocycles. The molecule has 2 heterocycles. The van der Waals surface area contributed by atoms with Crippen LogP contribution in [0.15, 0.2) is 97.2 Å². The molecule has 39 heavy (non-hydrogen) atoms.